The van der Waals surface area contributed by atoms with Crippen molar-refractivity contribution in [3.8, 4) is 0 Å². The Balaban J connectivity index is 2.98. The highest BCUT2D eigenvalue weighted by atomic mass is 17.3. The van der Waals surface area contributed by atoms with Crippen LogP contribution in [0.2, 0.25) is 0 Å². The van der Waals surface area contributed by atoms with Crippen LogP contribution in [0.5, 0.6) is 0 Å². The van der Waals surface area contributed by atoms with Gasteiger partial charge in [0.1, 0.15) is 0 Å². The first-order valence-corrected chi connectivity index (χ1v) is 1.89. The molecule has 8 heavy (non-hydrogen) atoms. The molecule has 0 aromatic rings. The third kappa shape index (κ3) is 3.72. The van der Waals surface area contributed by atoms with Gasteiger partial charge in [-0.25, -0.2) is 5.84 Å². The summed E-state index contributed by atoms with van der Waals surface area (Å²) in [6.07, 6.45) is -0.0109. The van der Waals surface area contributed by atoms with E-state index in [1.54, 1.807) is 5.59 Å². The van der Waals surface area contributed by atoms with Crippen molar-refractivity contribution >= 4 is 0 Å². The van der Waals surface area contributed by atoms with E-state index in [4.69, 9.17) is 5.11 Å². The van der Waals surface area contributed by atoms with Gasteiger partial charge in [0.05, 0.1) is 0 Å². The monoisotopic (exact) mass is 120 g/mol. The van der Waals surface area contributed by atoms with Crippen LogP contribution in [0.3, 0.4) is 0 Å². The molecule has 1 atom stereocenters. The maximum atomic E-state index is 8.43. The van der Waals surface area contributed by atoms with Gasteiger partial charge in [0.25, 0.3) is 0 Å². The number of aliphatic hydroxyl groups is 1. The highest BCUT2D eigenvalue weighted by molar-refractivity contribution is 4.67. The van der Waals surface area contributed by atoms with Crippen LogP contribution in [0.15, 0.2) is 12.7 Å². The molecule has 0 aliphatic carbocycles. The minimum atomic E-state index is -1.15. The van der Waals surface area contributed by atoms with Crippen molar-refractivity contribution in [3.63, 3.8) is 0 Å². The number of aliphatic hydroxyl groups excluding tert-OH is 1. The van der Waals surface area contributed by atoms with Crippen LogP contribution in [-0.4, -0.2) is 11.4 Å². The summed E-state index contributed by atoms with van der Waals surface area (Å²) >= 11 is 0. The lowest BCUT2D eigenvalue weighted by Gasteiger charge is -2.01. The zero-order valence-corrected chi connectivity index (χ0v) is 4.20. The van der Waals surface area contributed by atoms with E-state index in [9.17, 15) is 0 Å². The van der Waals surface area contributed by atoms with Gasteiger partial charge in [-0.05, 0) is 6.08 Å². The largest absolute Gasteiger partial charge is 0.362 e. The molecule has 0 aromatic heterocycles. The van der Waals surface area contributed by atoms with E-state index < -0.39 is 6.29 Å². The lowest BCUT2D eigenvalue weighted by molar-refractivity contribution is -0.389. The Hall–Kier alpha value is -0.460. The zero-order valence-electron chi connectivity index (χ0n) is 4.20. The van der Waals surface area contributed by atoms with Crippen molar-refractivity contribution in [1.82, 2.24) is 5.59 Å². The molecule has 0 aromatic carbocycles. The fourth-order valence-corrected chi connectivity index (χ4v) is 0.116. The summed E-state index contributed by atoms with van der Waals surface area (Å²) in [6, 6.07) is 0. The van der Waals surface area contributed by atoms with Crippen molar-refractivity contribution in [2.75, 3.05) is 0 Å². The molecular weight excluding hydrogens is 112 g/mol. The molecular formula is C3H8N2O3. The van der Waals surface area contributed by atoms with Crippen molar-refractivity contribution in [1.29, 1.82) is 0 Å². The molecule has 0 aliphatic heterocycles. The van der Waals surface area contributed by atoms with Gasteiger partial charge in [0, 0.05) is 0 Å². The predicted molar refractivity (Wildman–Crippen MR) is 25.7 cm³/mol. The van der Waals surface area contributed by atoms with Crippen LogP contribution >= 0.6 is 0 Å². The topological polar surface area (TPSA) is 76.7 Å². The molecule has 4 N–H and O–H groups in total. The minimum Gasteiger partial charge on any atom is -0.362 e. The van der Waals surface area contributed by atoms with Crippen molar-refractivity contribution in [3.05, 3.63) is 12.7 Å². The Morgan fingerprint density at radius 2 is 2.50 bits per heavy atom. The van der Waals surface area contributed by atoms with E-state index in [1.165, 1.54) is 0 Å². The van der Waals surface area contributed by atoms with Crippen molar-refractivity contribution in [2.45, 2.75) is 6.29 Å². The van der Waals surface area contributed by atoms with Crippen molar-refractivity contribution in [2.24, 2.45) is 5.84 Å². The predicted octanol–water partition coefficient (Wildman–Crippen LogP) is -1.18. The normalized spacial score (nSPS) is 13.2. The van der Waals surface area contributed by atoms with Crippen LogP contribution in [0, 0.1) is 0 Å². The molecule has 0 aliphatic rings. The van der Waals surface area contributed by atoms with Crippen LogP contribution < -0.4 is 11.4 Å². The van der Waals surface area contributed by atoms with E-state index in [0.717, 1.165) is 6.08 Å². The second-order valence-corrected chi connectivity index (χ2v) is 0.924. The summed E-state index contributed by atoms with van der Waals surface area (Å²) in [4.78, 5) is 7.93. The fraction of sp³-hybridized carbons (Fsp3) is 0.333. The molecule has 0 spiro atoms. The molecule has 5 nitrogen and oxygen atoms in total. The van der Waals surface area contributed by atoms with Crippen LogP contribution in [0.4, 0.5) is 0 Å². The Labute approximate surface area is 46.5 Å². The molecule has 1 unspecified atom stereocenters. The molecule has 0 heterocycles. The van der Waals surface area contributed by atoms with E-state index in [2.05, 4.69) is 22.3 Å². The molecule has 0 fully saturated rings. The number of hydrogen-bond donors (Lipinski definition) is 3. The molecule has 5 heteroatoms. The minimum absolute atomic E-state index is 1.14. The Bertz CT molecular complexity index is 67.5. The second-order valence-electron chi connectivity index (χ2n) is 0.924. The number of hydrogen-bond acceptors (Lipinski definition) is 5. The Morgan fingerprint density at radius 3 is 2.88 bits per heavy atom. The highest BCUT2D eigenvalue weighted by Gasteiger charge is 1.94. The summed E-state index contributed by atoms with van der Waals surface area (Å²) in [5.41, 5.74) is 1.70. The summed E-state index contributed by atoms with van der Waals surface area (Å²) in [7, 11) is 0. The Kier molecular flexibility index (Phi) is 4.42. The number of nitrogens with one attached hydrogen (secondary N) is 1. The van der Waals surface area contributed by atoms with Crippen LogP contribution in [0.1, 0.15) is 0 Å². The molecule has 48 valence electrons. The molecule has 0 amide bonds. The summed E-state index contributed by atoms with van der Waals surface area (Å²) < 4.78 is 0. The fourth-order valence-electron chi connectivity index (χ4n) is 0.116. The van der Waals surface area contributed by atoms with Crippen LogP contribution in [-0.2, 0) is 9.88 Å². The highest BCUT2D eigenvalue weighted by Crippen LogP contribution is 1.83. The zero-order chi connectivity index (χ0) is 6.41. The van der Waals surface area contributed by atoms with Gasteiger partial charge in [-0.2, -0.15) is 4.89 Å². The van der Waals surface area contributed by atoms with E-state index in [0.29, 0.717) is 0 Å². The summed E-state index contributed by atoms with van der Waals surface area (Å²) in [5.74, 6) is 4.59. The van der Waals surface area contributed by atoms with E-state index >= 15 is 0 Å². The second kappa shape index (κ2) is 4.69. The first-order chi connectivity index (χ1) is 3.81. The van der Waals surface area contributed by atoms with E-state index in [-0.39, 0.29) is 0 Å². The third-order valence-electron chi connectivity index (χ3n) is 0.396. The van der Waals surface area contributed by atoms with Crippen molar-refractivity contribution < 1.29 is 15.0 Å². The SMILES string of the molecule is C=CC(O)OONN. The van der Waals surface area contributed by atoms with Gasteiger partial charge < -0.3 is 5.11 Å². The number of hydrazine groups is 1. The van der Waals surface area contributed by atoms with Crippen LogP contribution in [0.25, 0.3) is 0 Å². The molecule has 0 saturated heterocycles. The van der Waals surface area contributed by atoms with Gasteiger partial charge >= 0.3 is 0 Å². The molecule has 0 saturated carbocycles. The standard InChI is InChI=1S/C3H8N2O3/c1-2-3(6)7-8-5-4/h2-3,5-6H,1,4H2. The van der Waals surface area contributed by atoms with E-state index in [1.807, 2.05) is 0 Å². The molecule has 0 rings (SSSR count). The number of nitrogens with two attached hydrogens (primary N) is 1. The number of rotatable bonds is 4. The maximum absolute atomic E-state index is 8.43. The summed E-state index contributed by atoms with van der Waals surface area (Å²) in [6.45, 7) is 3.19. The van der Waals surface area contributed by atoms with Gasteiger partial charge in [-0.3, -0.25) is 0 Å². The lowest BCUT2D eigenvalue weighted by atomic mass is 10.6. The molecule has 0 bridgehead atoms. The summed E-state index contributed by atoms with van der Waals surface area (Å²) in [5, 5.41) is 8.43. The lowest BCUT2D eigenvalue weighted by Crippen LogP contribution is -2.25. The smallest absolute Gasteiger partial charge is 0.209 e. The third-order valence-corrected chi connectivity index (χ3v) is 0.396. The first-order valence-electron chi connectivity index (χ1n) is 1.89. The van der Waals surface area contributed by atoms with Gasteiger partial charge in [0.2, 0.25) is 6.29 Å². The quantitative estimate of drug-likeness (QED) is 0.143. The molecule has 0 radical (unpaired) electrons. The Morgan fingerprint density at radius 1 is 1.88 bits per heavy atom. The van der Waals surface area contributed by atoms with Gasteiger partial charge in [-0.15, -0.1) is 10.6 Å². The van der Waals surface area contributed by atoms with Gasteiger partial charge in [0.15, 0.2) is 0 Å². The maximum Gasteiger partial charge on any atom is 0.209 e. The van der Waals surface area contributed by atoms with Gasteiger partial charge in [-0.1, -0.05) is 6.58 Å². The average Bonchev–Trinajstić information content (AvgIpc) is 1.83. The average molecular weight is 120 g/mol. The first kappa shape index (κ1) is 7.54.